The highest BCUT2D eigenvalue weighted by Gasteiger charge is 2.29. The lowest BCUT2D eigenvalue weighted by Gasteiger charge is -2.22. The van der Waals surface area contributed by atoms with E-state index in [1.165, 1.54) is 4.90 Å². The molecule has 0 saturated carbocycles. The first-order valence-corrected chi connectivity index (χ1v) is 6.25. The van der Waals surface area contributed by atoms with Gasteiger partial charge in [-0.2, -0.15) is 13.2 Å². The van der Waals surface area contributed by atoms with Crippen LogP contribution in [0.2, 0.25) is 0 Å². The Morgan fingerprint density at radius 1 is 1.35 bits per heavy atom. The number of hydrogen-bond acceptors (Lipinski definition) is 3. The summed E-state index contributed by atoms with van der Waals surface area (Å²) in [6, 6.07) is 7.20. The average molecular weight is 288 g/mol. The van der Waals surface area contributed by atoms with Gasteiger partial charge in [-0.1, -0.05) is 12.1 Å². The van der Waals surface area contributed by atoms with Crippen molar-refractivity contribution >= 4 is 17.3 Å². The molecule has 0 radical (unpaired) electrons. The van der Waals surface area contributed by atoms with Crippen molar-refractivity contribution in [3.05, 3.63) is 24.3 Å². The predicted molar refractivity (Wildman–Crippen MR) is 68.8 cm³/mol. The number of carbonyl (C=O) groups excluding carboxylic acids is 1. The van der Waals surface area contributed by atoms with E-state index in [-0.39, 0.29) is 0 Å². The van der Waals surface area contributed by atoms with Gasteiger partial charge in [-0.05, 0) is 18.6 Å². The second-order valence-corrected chi connectivity index (χ2v) is 4.45. The number of amides is 1. The fraction of sp³-hybridized carbons (Fsp3) is 0.462. The highest BCUT2D eigenvalue weighted by molar-refractivity contribution is 5.97. The predicted octanol–water partition coefficient (Wildman–Crippen LogP) is 2.41. The van der Waals surface area contributed by atoms with Crippen LogP contribution in [0.25, 0.3) is 0 Å². The van der Waals surface area contributed by atoms with Crippen molar-refractivity contribution in [2.75, 3.05) is 36.5 Å². The maximum atomic E-state index is 12.0. The fourth-order valence-corrected chi connectivity index (χ4v) is 2.03. The van der Waals surface area contributed by atoms with Gasteiger partial charge in [0.15, 0.2) is 0 Å². The number of carbonyl (C=O) groups is 1. The lowest BCUT2D eigenvalue weighted by Crippen LogP contribution is -2.35. The summed E-state index contributed by atoms with van der Waals surface area (Å²) >= 11 is 0. The Balaban J connectivity index is 2.02. The van der Waals surface area contributed by atoms with Gasteiger partial charge in [0.2, 0.25) is 0 Å². The number of rotatable bonds is 3. The third kappa shape index (κ3) is 3.86. The smallest absolute Gasteiger partial charge is 0.383 e. The Labute approximate surface area is 114 Å². The van der Waals surface area contributed by atoms with Crippen molar-refractivity contribution in [2.24, 2.45) is 0 Å². The van der Waals surface area contributed by atoms with E-state index in [0.717, 1.165) is 12.1 Å². The summed E-state index contributed by atoms with van der Waals surface area (Å²) in [4.78, 5) is 13.5. The maximum absolute atomic E-state index is 12.0. The number of alkyl halides is 3. The van der Waals surface area contributed by atoms with E-state index in [4.69, 9.17) is 0 Å². The van der Waals surface area contributed by atoms with Crippen LogP contribution in [-0.4, -0.2) is 38.4 Å². The van der Waals surface area contributed by atoms with Crippen molar-refractivity contribution in [1.82, 2.24) is 0 Å². The van der Waals surface area contributed by atoms with Crippen LogP contribution in [0, 0.1) is 0 Å². The van der Waals surface area contributed by atoms with Crippen LogP contribution in [-0.2, 0) is 9.53 Å². The fourth-order valence-electron chi connectivity index (χ4n) is 2.03. The first-order valence-electron chi connectivity index (χ1n) is 6.25. The molecule has 0 spiro atoms. The van der Waals surface area contributed by atoms with Gasteiger partial charge < -0.3 is 15.0 Å². The molecule has 1 aliphatic rings. The van der Waals surface area contributed by atoms with E-state index in [9.17, 15) is 18.0 Å². The van der Waals surface area contributed by atoms with E-state index in [1.54, 1.807) is 12.1 Å². The third-order valence-corrected chi connectivity index (χ3v) is 2.86. The van der Waals surface area contributed by atoms with Crippen molar-refractivity contribution in [3.63, 3.8) is 0 Å². The third-order valence-electron chi connectivity index (χ3n) is 2.86. The number of nitrogens with zero attached hydrogens (tertiary/aromatic N) is 1. The summed E-state index contributed by atoms with van der Waals surface area (Å²) in [6.45, 7) is -0.817. The minimum atomic E-state index is -4.42. The average Bonchev–Trinajstić information content (AvgIpc) is 2.59. The molecule has 2 rings (SSSR count). The molecule has 1 aliphatic heterocycles. The molecule has 1 amide bonds. The quantitative estimate of drug-likeness (QED) is 0.928. The number of fused-ring (bicyclic) bond motifs is 1. The van der Waals surface area contributed by atoms with Gasteiger partial charge in [0.1, 0.15) is 13.2 Å². The minimum Gasteiger partial charge on any atom is -0.383 e. The van der Waals surface area contributed by atoms with Crippen LogP contribution in [0.15, 0.2) is 24.3 Å². The summed E-state index contributed by atoms with van der Waals surface area (Å²) in [5, 5.41) is 3.18. The van der Waals surface area contributed by atoms with E-state index >= 15 is 0 Å². The van der Waals surface area contributed by atoms with E-state index in [1.807, 2.05) is 12.1 Å². The Bertz CT molecular complexity index is 477. The van der Waals surface area contributed by atoms with Crippen LogP contribution >= 0.6 is 0 Å². The molecule has 0 fully saturated rings. The maximum Gasteiger partial charge on any atom is 0.411 e. The SMILES string of the molecule is O=C(COCC(F)(F)F)N1CCCNc2ccccc21. The molecule has 1 heterocycles. The van der Waals surface area contributed by atoms with Crippen LogP contribution < -0.4 is 10.2 Å². The molecule has 0 aliphatic carbocycles. The van der Waals surface area contributed by atoms with Gasteiger partial charge in [0.25, 0.3) is 5.91 Å². The van der Waals surface area contributed by atoms with Gasteiger partial charge >= 0.3 is 6.18 Å². The molecule has 7 heteroatoms. The van der Waals surface area contributed by atoms with Gasteiger partial charge in [-0.25, -0.2) is 0 Å². The number of anilines is 2. The number of benzene rings is 1. The van der Waals surface area contributed by atoms with Gasteiger partial charge in [-0.15, -0.1) is 0 Å². The monoisotopic (exact) mass is 288 g/mol. The second-order valence-electron chi connectivity index (χ2n) is 4.45. The van der Waals surface area contributed by atoms with Crippen LogP contribution in [0.5, 0.6) is 0 Å². The molecule has 1 aromatic rings. The standard InChI is InChI=1S/C13H15F3N2O2/c14-13(15,16)9-20-8-12(19)18-7-3-6-17-10-4-1-2-5-11(10)18/h1-2,4-5,17H,3,6-9H2. The molecular weight excluding hydrogens is 273 g/mol. The first kappa shape index (κ1) is 14.6. The van der Waals surface area contributed by atoms with Crippen molar-refractivity contribution < 1.29 is 22.7 Å². The first-order chi connectivity index (χ1) is 9.47. The molecule has 4 nitrogen and oxygen atoms in total. The summed E-state index contributed by atoms with van der Waals surface area (Å²) in [6.07, 6.45) is -3.70. The lowest BCUT2D eigenvalue weighted by atomic mass is 10.2. The number of ether oxygens (including phenoxy) is 1. The van der Waals surface area contributed by atoms with E-state index < -0.39 is 25.3 Å². The molecular formula is C13H15F3N2O2. The van der Waals surface area contributed by atoms with E-state index in [0.29, 0.717) is 18.8 Å². The summed E-state index contributed by atoms with van der Waals surface area (Å²) in [7, 11) is 0. The molecule has 1 aromatic carbocycles. The van der Waals surface area contributed by atoms with Crippen LogP contribution in [0.3, 0.4) is 0 Å². The number of nitrogens with one attached hydrogen (secondary N) is 1. The molecule has 0 unspecified atom stereocenters. The molecule has 0 saturated heterocycles. The second kappa shape index (κ2) is 6.13. The Kier molecular flexibility index (Phi) is 4.49. The van der Waals surface area contributed by atoms with Gasteiger partial charge in [0.05, 0.1) is 11.4 Å². The zero-order valence-electron chi connectivity index (χ0n) is 10.7. The zero-order chi connectivity index (χ0) is 14.6. The van der Waals surface area contributed by atoms with Crippen molar-refractivity contribution in [3.8, 4) is 0 Å². The lowest BCUT2D eigenvalue weighted by molar-refractivity contribution is -0.175. The highest BCUT2D eigenvalue weighted by Crippen LogP contribution is 2.28. The number of halogens is 3. The van der Waals surface area contributed by atoms with Crippen LogP contribution in [0.1, 0.15) is 6.42 Å². The highest BCUT2D eigenvalue weighted by atomic mass is 19.4. The zero-order valence-corrected chi connectivity index (χ0v) is 10.7. The molecule has 20 heavy (non-hydrogen) atoms. The number of hydrogen-bond donors (Lipinski definition) is 1. The van der Waals surface area contributed by atoms with Crippen molar-refractivity contribution in [1.29, 1.82) is 0 Å². The van der Waals surface area contributed by atoms with Gasteiger partial charge in [-0.3, -0.25) is 4.79 Å². The Morgan fingerprint density at radius 2 is 2.10 bits per heavy atom. The Morgan fingerprint density at radius 3 is 2.85 bits per heavy atom. The van der Waals surface area contributed by atoms with Gasteiger partial charge in [0, 0.05) is 13.1 Å². The summed E-state index contributed by atoms with van der Waals surface area (Å²) in [5.41, 5.74) is 1.47. The minimum absolute atomic E-state index is 0.457. The Hall–Kier alpha value is -1.76. The van der Waals surface area contributed by atoms with Crippen molar-refractivity contribution in [2.45, 2.75) is 12.6 Å². The molecule has 110 valence electrons. The molecule has 0 aromatic heterocycles. The molecule has 0 bridgehead atoms. The summed E-state index contributed by atoms with van der Waals surface area (Å²) < 4.78 is 40.4. The molecule has 1 N–H and O–H groups in total. The summed E-state index contributed by atoms with van der Waals surface area (Å²) in [5.74, 6) is -0.467. The number of para-hydroxylation sites is 2. The topological polar surface area (TPSA) is 41.6 Å². The molecule has 0 atom stereocenters. The normalized spacial score (nSPS) is 15.2. The largest absolute Gasteiger partial charge is 0.411 e. The van der Waals surface area contributed by atoms with Crippen LogP contribution in [0.4, 0.5) is 24.5 Å². The van der Waals surface area contributed by atoms with E-state index in [2.05, 4.69) is 10.1 Å².